The van der Waals surface area contributed by atoms with Crippen LogP contribution in [0.3, 0.4) is 0 Å². The van der Waals surface area contributed by atoms with Gasteiger partial charge in [-0.05, 0) is 18.6 Å². The maximum absolute atomic E-state index is 11.6. The zero-order valence-corrected chi connectivity index (χ0v) is 7.33. The summed E-state index contributed by atoms with van der Waals surface area (Å²) in [6.45, 7) is 0. The van der Waals surface area contributed by atoms with Crippen LogP contribution in [0.2, 0.25) is 0 Å². The molecule has 2 rings (SSSR count). The molecule has 0 atom stereocenters. The molecule has 1 aliphatic heterocycles. The molecular weight excluding hydrogens is 172 g/mol. The Balaban J connectivity index is 2.35. The van der Waals surface area contributed by atoms with Crippen molar-refractivity contribution in [1.29, 1.82) is 0 Å². The largest absolute Gasteiger partial charge is 0.249 e. The summed E-state index contributed by atoms with van der Waals surface area (Å²) in [4.78, 5) is 3.99. The highest BCUT2D eigenvalue weighted by Gasteiger charge is 2.19. The molecule has 1 radical (unpaired) electrons. The van der Waals surface area contributed by atoms with Crippen LogP contribution in [-0.4, -0.2) is 20.7 Å². The molecule has 0 bridgehead atoms. The van der Waals surface area contributed by atoms with E-state index in [0.717, 1.165) is 0 Å². The summed E-state index contributed by atoms with van der Waals surface area (Å²) in [5.41, 5.74) is 0. The molecule has 0 aromatic carbocycles. The van der Waals surface area contributed by atoms with E-state index in [9.17, 15) is 4.21 Å². The second kappa shape index (κ2) is 2.86. The number of pyridine rings is 1. The second-order valence-corrected chi connectivity index (χ2v) is 5.07. The Morgan fingerprint density at radius 3 is 2.75 bits per heavy atom. The van der Waals surface area contributed by atoms with Crippen molar-refractivity contribution < 1.29 is 4.21 Å². The zero-order valence-electron chi connectivity index (χ0n) is 6.51. The second-order valence-electron chi connectivity index (χ2n) is 2.67. The Labute approximate surface area is 72.0 Å². The van der Waals surface area contributed by atoms with Crippen LogP contribution >= 0.6 is 0 Å². The van der Waals surface area contributed by atoms with Gasteiger partial charge in [-0.2, -0.15) is 4.36 Å². The summed E-state index contributed by atoms with van der Waals surface area (Å²) in [7, 11) is -1.94. The van der Waals surface area contributed by atoms with E-state index in [4.69, 9.17) is 0 Å². The van der Waals surface area contributed by atoms with Crippen LogP contribution in [0.1, 0.15) is 0 Å². The lowest BCUT2D eigenvalue weighted by Gasteiger charge is -2.16. The summed E-state index contributed by atoms with van der Waals surface area (Å²) < 4.78 is 15.7. The van der Waals surface area contributed by atoms with E-state index < -0.39 is 9.73 Å². The molecule has 4 heteroatoms. The number of rotatable bonds is 1. The molecule has 1 aliphatic rings. The molecule has 0 N–H and O–H groups in total. The standard InChI is InChI=1S/C8H9N2OS/c11-12(6-3-7-12)10-8-4-1-2-5-9-8/h1-5H,6-7H2. The minimum absolute atomic E-state index is 0.579. The molecular formula is C8H9N2OS. The molecule has 3 nitrogen and oxygen atoms in total. The fraction of sp³-hybridized carbons (Fsp3) is 0.250. The van der Waals surface area contributed by atoms with Gasteiger partial charge in [-0.3, -0.25) is 0 Å². The molecule has 2 heterocycles. The van der Waals surface area contributed by atoms with E-state index in [2.05, 4.69) is 9.35 Å². The highest BCUT2D eigenvalue weighted by atomic mass is 32.2. The van der Waals surface area contributed by atoms with Crippen molar-refractivity contribution in [3.63, 3.8) is 0 Å². The Morgan fingerprint density at radius 1 is 1.42 bits per heavy atom. The predicted octanol–water partition coefficient (Wildman–Crippen LogP) is 1.40. The normalized spacial score (nSPS) is 19.7. The minimum atomic E-state index is -1.94. The third-order valence-corrected chi connectivity index (χ3v) is 3.70. The Kier molecular flexibility index (Phi) is 1.84. The molecule has 0 saturated carbocycles. The fourth-order valence-electron chi connectivity index (χ4n) is 0.972. The number of nitrogens with zero attached hydrogens (tertiary/aromatic N) is 2. The molecule has 1 saturated heterocycles. The van der Waals surface area contributed by atoms with Gasteiger partial charge in [-0.15, -0.1) is 0 Å². The third-order valence-electron chi connectivity index (χ3n) is 1.67. The van der Waals surface area contributed by atoms with Crippen LogP contribution in [0.4, 0.5) is 5.82 Å². The molecule has 0 unspecified atom stereocenters. The van der Waals surface area contributed by atoms with E-state index >= 15 is 0 Å². The SMILES string of the molecule is O=S1(=Nc2ccccn2)C[CH]C1. The van der Waals surface area contributed by atoms with E-state index in [-0.39, 0.29) is 0 Å². The lowest BCUT2D eigenvalue weighted by atomic mass is 10.5. The van der Waals surface area contributed by atoms with E-state index in [0.29, 0.717) is 17.3 Å². The molecule has 12 heavy (non-hydrogen) atoms. The smallest absolute Gasteiger partial charge is 0.161 e. The van der Waals surface area contributed by atoms with E-state index in [1.165, 1.54) is 0 Å². The van der Waals surface area contributed by atoms with Crippen molar-refractivity contribution in [2.75, 3.05) is 11.5 Å². The molecule has 0 amide bonds. The van der Waals surface area contributed by atoms with Gasteiger partial charge in [0.25, 0.3) is 0 Å². The monoisotopic (exact) mass is 181 g/mol. The summed E-state index contributed by atoms with van der Waals surface area (Å²) in [5.74, 6) is 1.81. The Bertz CT molecular complexity index is 369. The van der Waals surface area contributed by atoms with Gasteiger partial charge in [0.05, 0.1) is 9.73 Å². The van der Waals surface area contributed by atoms with Crippen LogP contribution in [0.5, 0.6) is 0 Å². The van der Waals surface area contributed by atoms with Crippen LogP contribution < -0.4 is 0 Å². The molecule has 1 fully saturated rings. The van der Waals surface area contributed by atoms with Gasteiger partial charge >= 0.3 is 0 Å². The van der Waals surface area contributed by atoms with Gasteiger partial charge in [0.15, 0.2) is 5.82 Å². The Morgan fingerprint density at radius 2 is 2.25 bits per heavy atom. The number of hydrogen-bond donors (Lipinski definition) is 0. The molecule has 0 spiro atoms. The minimum Gasteiger partial charge on any atom is -0.249 e. The van der Waals surface area contributed by atoms with Crippen LogP contribution in [0.15, 0.2) is 28.8 Å². The summed E-state index contributed by atoms with van der Waals surface area (Å²) in [6, 6.07) is 5.43. The first-order valence-electron chi connectivity index (χ1n) is 3.74. The lowest BCUT2D eigenvalue weighted by Crippen LogP contribution is -2.24. The van der Waals surface area contributed by atoms with E-state index in [1.54, 1.807) is 12.3 Å². The highest BCUT2D eigenvalue weighted by molar-refractivity contribution is 7.95. The number of hydrogen-bond acceptors (Lipinski definition) is 3. The van der Waals surface area contributed by atoms with Crippen molar-refractivity contribution in [2.24, 2.45) is 4.36 Å². The lowest BCUT2D eigenvalue weighted by molar-refractivity contribution is 0.673. The topological polar surface area (TPSA) is 42.3 Å². The molecule has 1 aromatic rings. The average Bonchev–Trinajstić information content (AvgIpc) is 2.04. The maximum Gasteiger partial charge on any atom is 0.161 e. The third kappa shape index (κ3) is 1.48. The van der Waals surface area contributed by atoms with Crippen molar-refractivity contribution in [2.45, 2.75) is 0 Å². The Hall–Kier alpha value is -0.900. The number of aromatic nitrogens is 1. The summed E-state index contributed by atoms with van der Waals surface area (Å²) >= 11 is 0. The maximum atomic E-state index is 11.6. The quantitative estimate of drug-likeness (QED) is 0.657. The summed E-state index contributed by atoms with van der Waals surface area (Å²) in [5, 5.41) is 0. The predicted molar refractivity (Wildman–Crippen MR) is 48.5 cm³/mol. The fourth-order valence-corrected chi connectivity index (χ4v) is 2.21. The first-order chi connectivity index (χ1) is 5.79. The van der Waals surface area contributed by atoms with Crippen molar-refractivity contribution >= 4 is 15.5 Å². The van der Waals surface area contributed by atoms with Crippen LogP contribution in [0, 0.1) is 6.42 Å². The van der Waals surface area contributed by atoms with Crippen molar-refractivity contribution in [3.8, 4) is 0 Å². The van der Waals surface area contributed by atoms with Crippen LogP contribution in [-0.2, 0) is 9.73 Å². The summed E-state index contributed by atoms with van der Waals surface area (Å²) in [6.07, 6.45) is 3.64. The molecule has 0 aliphatic carbocycles. The van der Waals surface area contributed by atoms with Gasteiger partial charge in [-0.1, -0.05) is 6.07 Å². The van der Waals surface area contributed by atoms with Gasteiger partial charge in [0, 0.05) is 17.7 Å². The van der Waals surface area contributed by atoms with Gasteiger partial charge < -0.3 is 0 Å². The first-order valence-corrected chi connectivity index (χ1v) is 5.59. The molecule has 1 aromatic heterocycles. The van der Waals surface area contributed by atoms with Gasteiger partial charge in [-0.25, -0.2) is 9.19 Å². The van der Waals surface area contributed by atoms with Gasteiger partial charge in [0.2, 0.25) is 0 Å². The van der Waals surface area contributed by atoms with Crippen molar-refractivity contribution in [1.82, 2.24) is 4.98 Å². The van der Waals surface area contributed by atoms with E-state index in [1.807, 2.05) is 18.6 Å². The van der Waals surface area contributed by atoms with Crippen molar-refractivity contribution in [3.05, 3.63) is 30.8 Å². The average molecular weight is 181 g/mol. The molecule has 63 valence electrons. The first kappa shape index (κ1) is 7.73. The van der Waals surface area contributed by atoms with Crippen LogP contribution in [0.25, 0.3) is 0 Å². The highest BCUT2D eigenvalue weighted by Crippen LogP contribution is 2.17. The zero-order chi connectivity index (χ0) is 8.44. The van der Waals surface area contributed by atoms with Gasteiger partial charge in [0.1, 0.15) is 0 Å².